The Labute approximate surface area is 172 Å². The third-order valence-corrected chi connectivity index (χ3v) is 6.28. The molecule has 2 saturated carbocycles. The fourth-order valence-electron chi connectivity index (χ4n) is 4.91. The molecule has 2 N–H and O–H groups in total. The van der Waals surface area contributed by atoms with Crippen LogP contribution in [0.3, 0.4) is 0 Å². The Bertz CT molecular complexity index is 650. The summed E-state index contributed by atoms with van der Waals surface area (Å²) in [5, 5.41) is 7.04. The van der Waals surface area contributed by atoms with Gasteiger partial charge in [-0.25, -0.2) is 4.39 Å². The third-order valence-electron chi connectivity index (χ3n) is 6.28. The monoisotopic (exact) mass is 473 g/mol. The van der Waals surface area contributed by atoms with E-state index in [-0.39, 0.29) is 29.8 Å². The van der Waals surface area contributed by atoms with Gasteiger partial charge in [0.25, 0.3) is 0 Å². The van der Waals surface area contributed by atoms with Crippen molar-refractivity contribution in [3.63, 3.8) is 0 Å². The molecule has 3 fully saturated rings. The molecule has 26 heavy (non-hydrogen) atoms. The number of nitrogens with zero attached hydrogens (tertiary/aromatic N) is 1. The molecule has 1 heterocycles. The van der Waals surface area contributed by atoms with Crippen molar-refractivity contribution in [3.05, 3.63) is 35.6 Å². The number of fused-ring (bicyclic) bond motifs is 2. The van der Waals surface area contributed by atoms with Crippen molar-refractivity contribution in [2.24, 2.45) is 16.3 Å². The number of hydrogen-bond donors (Lipinski definition) is 2. The molecule has 4 rings (SSSR count). The van der Waals surface area contributed by atoms with Gasteiger partial charge >= 0.3 is 0 Å². The second-order valence-electron chi connectivity index (χ2n) is 7.55. The molecular weight excluding hydrogens is 444 g/mol. The number of nitrogens with one attached hydrogen (secondary N) is 2. The molecule has 144 valence electrons. The average molecular weight is 473 g/mol. The lowest BCUT2D eigenvalue weighted by Gasteiger charge is -2.63. The highest BCUT2D eigenvalue weighted by Gasteiger charge is 2.66. The van der Waals surface area contributed by atoms with Crippen LogP contribution in [0, 0.1) is 17.2 Å². The second-order valence-corrected chi connectivity index (χ2v) is 7.55. The molecule has 0 aromatic heterocycles. The number of ether oxygens (including phenoxy) is 1. The van der Waals surface area contributed by atoms with Gasteiger partial charge in [-0.15, -0.1) is 24.0 Å². The number of benzene rings is 1. The highest BCUT2D eigenvalue weighted by Crippen LogP contribution is 2.62. The molecule has 6 heteroatoms. The first-order valence-corrected chi connectivity index (χ1v) is 9.64. The molecule has 0 radical (unpaired) electrons. The van der Waals surface area contributed by atoms with E-state index < -0.39 is 0 Å². The van der Waals surface area contributed by atoms with E-state index in [0.29, 0.717) is 36.4 Å². The minimum absolute atomic E-state index is 0. The SMILES string of the molecule is CCNC(=NCCc1ccccc1F)NC1C2CCOC2C12CCC2.I. The summed E-state index contributed by atoms with van der Waals surface area (Å²) in [6, 6.07) is 7.42. The summed E-state index contributed by atoms with van der Waals surface area (Å²) in [5.41, 5.74) is 1.06. The molecule has 3 unspecified atom stereocenters. The number of halogens is 2. The van der Waals surface area contributed by atoms with Crippen molar-refractivity contribution in [1.29, 1.82) is 0 Å². The Kier molecular flexibility index (Phi) is 6.43. The van der Waals surface area contributed by atoms with E-state index in [9.17, 15) is 4.39 Å². The quantitative estimate of drug-likeness (QED) is 0.391. The van der Waals surface area contributed by atoms with Crippen molar-refractivity contribution >= 4 is 29.9 Å². The Hall–Kier alpha value is -0.890. The van der Waals surface area contributed by atoms with E-state index in [1.165, 1.54) is 25.3 Å². The van der Waals surface area contributed by atoms with Crippen LogP contribution >= 0.6 is 24.0 Å². The summed E-state index contributed by atoms with van der Waals surface area (Å²) in [6.45, 7) is 4.39. The Morgan fingerprint density at radius 1 is 1.35 bits per heavy atom. The van der Waals surface area contributed by atoms with Gasteiger partial charge in [-0.05, 0) is 44.2 Å². The maximum atomic E-state index is 13.7. The second kappa shape index (κ2) is 8.42. The average Bonchev–Trinajstić information content (AvgIpc) is 2.98. The lowest BCUT2D eigenvalue weighted by Crippen LogP contribution is -2.72. The van der Waals surface area contributed by atoms with Crippen molar-refractivity contribution in [3.8, 4) is 0 Å². The van der Waals surface area contributed by atoms with Gasteiger partial charge in [-0.1, -0.05) is 24.6 Å². The first kappa shape index (κ1) is 19.9. The minimum Gasteiger partial charge on any atom is -0.377 e. The first-order chi connectivity index (χ1) is 12.2. The standard InChI is InChI=1S/C20H28FN3O.HI/c1-2-22-19(23-12-8-14-6-3-4-7-16(14)21)24-17-15-9-13-25-18(15)20(17)10-5-11-20;/h3-4,6-7,15,17-18H,2,5,8-13H2,1H3,(H2,22,23,24);1H. The number of hydrogen-bond acceptors (Lipinski definition) is 2. The number of rotatable bonds is 5. The maximum Gasteiger partial charge on any atom is 0.191 e. The van der Waals surface area contributed by atoms with Gasteiger partial charge in [0.05, 0.1) is 6.10 Å². The molecule has 0 amide bonds. The fourth-order valence-corrected chi connectivity index (χ4v) is 4.91. The van der Waals surface area contributed by atoms with E-state index >= 15 is 0 Å². The van der Waals surface area contributed by atoms with Crippen LogP contribution < -0.4 is 10.6 Å². The normalized spacial score (nSPS) is 28.5. The van der Waals surface area contributed by atoms with Crippen LogP contribution in [0.4, 0.5) is 4.39 Å². The van der Waals surface area contributed by atoms with Gasteiger partial charge in [-0.2, -0.15) is 0 Å². The topological polar surface area (TPSA) is 45.7 Å². The smallest absolute Gasteiger partial charge is 0.191 e. The Morgan fingerprint density at radius 2 is 2.15 bits per heavy atom. The van der Waals surface area contributed by atoms with Gasteiger partial charge in [0, 0.05) is 37.1 Å². The van der Waals surface area contributed by atoms with Crippen LogP contribution in [-0.4, -0.2) is 37.8 Å². The molecule has 0 bridgehead atoms. The lowest BCUT2D eigenvalue weighted by atomic mass is 9.46. The van der Waals surface area contributed by atoms with Crippen LogP contribution in [0.15, 0.2) is 29.3 Å². The van der Waals surface area contributed by atoms with Crippen LogP contribution in [0.5, 0.6) is 0 Å². The molecule has 1 aromatic rings. The molecule has 1 spiro atoms. The number of aliphatic imine (C=N–C) groups is 1. The van der Waals surface area contributed by atoms with Gasteiger partial charge in [-0.3, -0.25) is 4.99 Å². The van der Waals surface area contributed by atoms with Crippen molar-refractivity contribution in [2.45, 2.75) is 51.2 Å². The fraction of sp³-hybridized carbons (Fsp3) is 0.650. The molecule has 3 aliphatic rings. The third kappa shape index (κ3) is 3.46. The van der Waals surface area contributed by atoms with Gasteiger partial charge < -0.3 is 15.4 Å². The Balaban J connectivity index is 0.00000196. The summed E-state index contributed by atoms with van der Waals surface area (Å²) in [5.74, 6) is 1.34. The Morgan fingerprint density at radius 3 is 2.85 bits per heavy atom. The highest BCUT2D eigenvalue weighted by molar-refractivity contribution is 14.0. The largest absolute Gasteiger partial charge is 0.377 e. The first-order valence-electron chi connectivity index (χ1n) is 9.64. The molecular formula is C20H29FIN3O. The molecule has 1 saturated heterocycles. The van der Waals surface area contributed by atoms with Crippen LogP contribution in [0.1, 0.15) is 38.2 Å². The van der Waals surface area contributed by atoms with Crippen molar-refractivity contribution in [2.75, 3.05) is 19.7 Å². The van der Waals surface area contributed by atoms with Gasteiger partial charge in [0.2, 0.25) is 0 Å². The highest BCUT2D eigenvalue weighted by atomic mass is 127. The van der Waals surface area contributed by atoms with Gasteiger partial charge in [0.1, 0.15) is 5.82 Å². The van der Waals surface area contributed by atoms with Crippen molar-refractivity contribution in [1.82, 2.24) is 10.6 Å². The maximum absolute atomic E-state index is 13.7. The van der Waals surface area contributed by atoms with Crippen LogP contribution in [0.2, 0.25) is 0 Å². The van der Waals surface area contributed by atoms with Crippen LogP contribution in [0.25, 0.3) is 0 Å². The molecule has 1 aromatic carbocycles. The van der Waals surface area contributed by atoms with Gasteiger partial charge in [0.15, 0.2) is 5.96 Å². The summed E-state index contributed by atoms with van der Waals surface area (Å²) in [4.78, 5) is 4.70. The summed E-state index contributed by atoms with van der Waals surface area (Å²) in [7, 11) is 0. The zero-order chi connectivity index (χ0) is 17.3. The molecule has 1 aliphatic heterocycles. The van der Waals surface area contributed by atoms with E-state index in [4.69, 9.17) is 9.73 Å². The molecule has 3 atom stereocenters. The molecule has 4 nitrogen and oxygen atoms in total. The number of guanidine groups is 1. The van der Waals surface area contributed by atoms with Crippen LogP contribution in [-0.2, 0) is 11.2 Å². The summed E-state index contributed by atoms with van der Waals surface area (Å²) >= 11 is 0. The van der Waals surface area contributed by atoms with E-state index in [2.05, 4.69) is 17.6 Å². The van der Waals surface area contributed by atoms with E-state index in [1.54, 1.807) is 6.07 Å². The zero-order valence-corrected chi connectivity index (χ0v) is 17.7. The minimum atomic E-state index is -0.144. The summed E-state index contributed by atoms with van der Waals surface area (Å²) < 4.78 is 19.7. The zero-order valence-electron chi connectivity index (χ0n) is 15.3. The summed E-state index contributed by atoms with van der Waals surface area (Å²) in [6.07, 6.45) is 6.07. The predicted octanol–water partition coefficient (Wildman–Crippen LogP) is 3.50. The predicted molar refractivity (Wildman–Crippen MR) is 113 cm³/mol. The van der Waals surface area contributed by atoms with E-state index in [1.807, 2.05) is 12.1 Å². The van der Waals surface area contributed by atoms with Crippen molar-refractivity contribution < 1.29 is 9.13 Å². The molecule has 2 aliphatic carbocycles. The van der Waals surface area contributed by atoms with E-state index in [0.717, 1.165) is 31.1 Å². The lowest BCUT2D eigenvalue weighted by molar-refractivity contribution is -0.171.